The quantitative estimate of drug-likeness (QED) is 0.526. The summed E-state index contributed by atoms with van der Waals surface area (Å²) < 4.78 is 48.2. The van der Waals surface area contributed by atoms with E-state index >= 15 is 0 Å². The van der Waals surface area contributed by atoms with Gasteiger partial charge in [0.15, 0.2) is 0 Å². The maximum absolute atomic E-state index is 14.6. The molecular weight excluding hydrogens is 337 g/mol. The molecule has 1 nitrogen and oxygen atoms in total. The van der Waals surface area contributed by atoms with Gasteiger partial charge in [0.2, 0.25) is 0 Å². The topological polar surface area (TPSA) is 9.23 Å². The Hall–Kier alpha value is -1.97. The third kappa shape index (κ3) is 4.05. The summed E-state index contributed by atoms with van der Waals surface area (Å²) in [5.74, 6) is -0.615. The van der Waals surface area contributed by atoms with Crippen molar-refractivity contribution < 1.29 is 17.9 Å². The molecule has 1 aliphatic carbocycles. The van der Waals surface area contributed by atoms with Crippen LogP contribution in [0.3, 0.4) is 0 Å². The second kappa shape index (κ2) is 7.73. The van der Waals surface area contributed by atoms with E-state index in [-0.39, 0.29) is 11.6 Å². The van der Waals surface area contributed by atoms with Crippen LogP contribution in [0.25, 0.3) is 10.8 Å². The molecule has 2 aromatic rings. The average Bonchev–Trinajstić information content (AvgIpc) is 2.61. The van der Waals surface area contributed by atoms with E-state index < -0.39 is 12.0 Å². The number of halogens is 3. The van der Waals surface area contributed by atoms with Gasteiger partial charge in [0.1, 0.15) is 11.6 Å². The van der Waals surface area contributed by atoms with Crippen molar-refractivity contribution in [2.45, 2.75) is 52.1 Å². The summed E-state index contributed by atoms with van der Waals surface area (Å²) in [6, 6.07) is 7.90. The van der Waals surface area contributed by atoms with Crippen molar-refractivity contribution in [2.24, 2.45) is 11.8 Å². The summed E-state index contributed by atoms with van der Waals surface area (Å²) in [5, 5.41) is 1.40. The Morgan fingerprint density at radius 2 is 1.81 bits per heavy atom. The fourth-order valence-corrected chi connectivity index (χ4v) is 3.79. The lowest BCUT2D eigenvalue weighted by atomic mass is 9.81. The van der Waals surface area contributed by atoms with Gasteiger partial charge in [0.05, 0.1) is 5.92 Å². The van der Waals surface area contributed by atoms with Crippen molar-refractivity contribution in [1.82, 2.24) is 0 Å². The van der Waals surface area contributed by atoms with E-state index in [2.05, 4.69) is 6.08 Å². The molecule has 1 fully saturated rings. The van der Waals surface area contributed by atoms with Gasteiger partial charge in [-0.05, 0) is 85.5 Å². The lowest BCUT2D eigenvalue weighted by Gasteiger charge is -2.32. The van der Waals surface area contributed by atoms with Crippen molar-refractivity contribution in [3.8, 4) is 5.75 Å². The smallest absolute Gasteiger partial charge is 0.400 e. The van der Waals surface area contributed by atoms with Crippen LogP contribution in [0.15, 0.2) is 42.5 Å². The summed E-state index contributed by atoms with van der Waals surface area (Å²) in [5.41, 5.74) is 0.620. The van der Waals surface area contributed by atoms with Crippen LogP contribution in [0.5, 0.6) is 5.75 Å². The maximum Gasteiger partial charge on any atom is 0.400 e. The Labute approximate surface area is 152 Å². The fraction of sp³-hybridized carbons (Fsp3) is 0.455. The molecule has 0 heterocycles. The van der Waals surface area contributed by atoms with E-state index in [1.54, 1.807) is 18.2 Å². The Morgan fingerprint density at radius 3 is 2.46 bits per heavy atom. The van der Waals surface area contributed by atoms with Crippen LogP contribution < -0.4 is 4.74 Å². The van der Waals surface area contributed by atoms with Gasteiger partial charge in [0, 0.05) is 0 Å². The van der Waals surface area contributed by atoms with Gasteiger partial charge in [-0.1, -0.05) is 25.1 Å². The summed E-state index contributed by atoms with van der Waals surface area (Å²) in [6.07, 6.45) is 3.88. The van der Waals surface area contributed by atoms with E-state index in [0.717, 1.165) is 18.2 Å². The summed E-state index contributed by atoms with van der Waals surface area (Å²) in [7, 11) is 0. The second-order valence-electron chi connectivity index (χ2n) is 7.11. The Kier molecular flexibility index (Phi) is 5.59. The van der Waals surface area contributed by atoms with Crippen LogP contribution in [0.4, 0.5) is 13.2 Å². The molecule has 0 saturated heterocycles. The number of benzene rings is 2. The molecule has 1 saturated carbocycles. The zero-order valence-corrected chi connectivity index (χ0v) is 15.3. The van der Waals surface area contributed by atoms with Crippen LogP contribution in [0, 0.1) is 17.7 Å². The van der Waals surface area contributed by atoms with E-state index in [9.17, 15) is 13.2 Å². The van der Waals surface area contributed by atoms with Gasteiger partial charge in [-0.2, -0.15) is 8.78 Å². The Morgan fingerprint density at radius 1 is 1.08 bits per heavy atom. The van der Waals surface area contributed by atoms with Crippen LogP contribution in [-0.4, -0.2) is 6.11 Å². The number of aryl methyl sites for hydroxylation is 1. The number of alkyl halides is 2. The molecule has 0 aromatic heterocycles. The number of hydrogen-bond donors (Lipinski definition) is 0. The minimum Gasteiger partial charge on any atom is -0.432 e. The minimum atomic E-state index is -3.21. The van der Waals surface area contributed by atoms with Gasteiger partial charge in [-0.25, -0.2) is 4.39 Å². The predicted molar refractivity (Wildman–Crippen MR) is 99.1 cm³/mol. The number of ether oxygens (including phenoxy) is 1. The first-order chi connectivity index (χ1) is 12.4. The molecule has 0 aliphatic heterocycles. The fourth-order valence-electron chi connectivity index (χ4n) is 3.79. The van der Waals surface area contributed by atoms with Crippen LogP contribution in [0.1, 0.15) is 45.1 Å². The predicted octanol–water partition coefficient (Wildman–Crippen LogP) is 6.90. The second-order valence-corrected chi connectivity index (χ2v) is 7.11. The zero-order chi connectivity index (χ0) is 18.7. The molecular formula is C22H25F3O. The molecule has 0 atom stereocenters. The highest BCUT2D eigenvalue weighted by atomic mass is 19.3. The first-order valence-electron chi connectivity index (χ1n) is 9.34. The van der Waals surface area contributed by atoms with Gasteiger partial charge in [0.25, 0.3) is 0 Å². The highest BCUT2D eigenvalue weighted by molar-refractivity contribution is 5.84. The lowest BCUT2D eigenvalue weighted by molar-refractivity contribution is -0.222. The number of rotatable bonds is 5. The molecule has 4 heteroatoms. The third-order valence-corrected chi connectivity index (χ3v) is 5.32. The van der Waals surface area contributed by atoms with Gasteiger partial charge in [-0.15, -0.1) is 0 Å². The van der Waals surface area contributed by atoms with E-state index in [4.69, 9.17) is 4.74 Å². The molecule has 0 unspecified atom stereocenters. The number of fused-ring (bicyclic) bond motifs is 1. The largest absolute Gasteiger partial charge is 0.432 e. The minimum absolute atomic E-state index is 0.0849. The van der Waals surface area contributed by atoms with Crippen molar-refractivity contribution in [2.75, 3.05) is 0 Å². The summed E-state index contributed by atoms with van der Waals surface area (Å²) in [4.78, 5) is 0. The monoisotopic (exact) mass is 362 g/mol. The first kappa shape index (κ1) is 18.8. The van der Waals surface area contributed by atoms with Gasteiger partial charge < -0.3 is 4.74 Å². The first-order valence-corrected chi connectivity index (χ1v) is 9.34. The molecule has 0 radical (unpaired) electrons. The van der Waals surface area contributed by atoms with E-state index in [1.807, 2.05) is 19.9 Å². The Bertz CT molecular complexity index is 789. The van der Waals surface area contributed by atoms with Crippen LogP contribution in [-0.2, 0) is 6.42 Å². The molecule has 140 valence electrons. The average molecular weight is 362 g/mol. The zero-order valence-electron chi connectivity index (χ0n) is 15.3. The standard InChI is InChI=1S/C22H25F3O/c1-3-5-15-6-9-19(10-7-15)22(24,25)26-20-11-8-17-12-16(4-2)21(23)14-18(17)13-20/h3,5,8,11-15,19H,4,6-7,9-10H2,1-2H3/b5-3+. The SMILES string of the molecule is C/C=C/C1CCC(C(F)(F)Oc2ccc3cc(CC)c(F)cc3c2)CC1. The highest BCUT2D eigenvalue weighted by Gasteiger charge is 2.43. The van der Waals surface area contributed by atoms with Crippen molar-refractivity contribution >= 4 is 10.8 Å². The van der Waals surface area contributed by atoms with E-state index in [1.165, 1.54) is 12.1 Å². The normalized spacial score (nSPS) is 21.4. The molecule has 0 amide bonds. The van der Waals surface area contributed by atoms with Crippen molar-refractivity contribution in [3.63, 3.8) is 0 Å². The molecule has 2 aromatic carbocycles. The van der Waals surface area contributed by atoms with Crippen LogP contribution in [0.2, 0.25) is 0 Å². The Balaban J connectivity index is 1.75. The van der Waals surface area contributed by atoms with Crippen molar-refractivity contribution in [3.05, 3.63) is 53.9 Å². The van der Waals surface area contributed by atoms with E-state index in [0.29, 0.717) is 36.1 Å². The third-order valence-electron chi connectivity index (χ3n) is 5.32. The molecule has 0 spiro atoms. The van der Waals surface area contributed by atoms with Gasteiger partial charge >= 0.3 is 6.11 Å². The number of allylic oxidation sites excluding steroid dienone is 2. The highest BCUT2D eigenvalue weighted by Crippen LogP contribution is 2.40. The summed E-state index contributed by atoms with van der Waals surface area (Å²) >= 11 is 0. The lowest BCUT2D eigenvalue weighted by Crippen LogP contribution is -2.37. The summed E-state index contributed by atoms with van der Waals surface area (Å²) in [6.45, 7) is 3.84. The van der Waals surface area contributed by atoms with Gasteiger partial charge in [-0.3, -0.25) is 0 Å². The molecule has 0 bridgehead atoms. The molecule has 3 rings (SSSR count). The van der Waals surface area contributed by atoms with Crippen LogP contribution >= 0.6 is 0 Å². The molecule has 1 aliphatic rings. The van der Waals surface area contributed by atoms with Crippen molar-refractivity contribution in [1.29, 1.82) is 0 Å². The molecule has 0 N–H and O–H groups in total. The molecule has 26 heavy (non-hydrogen) atoms. The maximum atomic E-state index is 14.6. The number of hydrogen-bond acceptors (Lipinski definition) is 1.